The van der Waals surface area contributed by atoms with Crippen molar-refractivity contribution in [2.75, 3.05) is 5.73 Å². The Labute approximate surface area is 203 Å². The summed E-state index contributed by atoms with van der Waals surface area (Å²) in [5.41, 5.74) is 11.0. The van der Waals surface area contributed by atoms with Gasteiger partial charge in [0.25, 0.3) is 0 Å². The van der Waals surface area contributed by atoms with Crippen LogP contribution in [0.5, 0.6) is 0 Å². The molecule has 0 amide bonds. The third-order valence-electron chi connectivity index (χ3n) is 6.46. The summed E-state index contributed by atoms with van der Waals surface area (Å²) >= 11 is 3.57. The van der Waals surface area contributed by atoms with Crippen LogP contribution < -0.4 is 5.73 Å². The maximum Gasteiger partial charge on any atom is 0.338 e. The van der Waals surface area contributed by atoms with Gasteiger partial charge >= 0.3 is 5.97 Å². The quantitative estimate of drug-likeness (QED) is 0.381. The van der Waals surface area contributed by atoms with Crippen molar-refractivity contribution < 1.29 is 14.3 Å². The predicted molar refractivity (Wildman–Crippen MR) is 129 cm³/mol. The van der Waals surface area contributed by atoms with Crippen molar-refractivity contribution in [3.05, 3.63) is 59.1 Å². The maximum atomic E-state index is 14.0. The molecule has 1 aliphatic carbocycles. The number of alkyl halides is 1. The zero-order valence-electron chi connectivity index (χ0n) is 18.1. The van der Waals surface area contributed by atoms with Crippen LogP contribution in [-0.2, 0) is 4.79 Å². The molecule has 1 unspecified atom stereocenters. The van der Waals surface area contributed by atoms with Crippen LogP contribution in [0.4, 0.5) is 10.2 Å². The van der Waals surface area contributed by atoms with Crippen molar-refractivity contribution in [2.45, 2.75) is 37.8 Å². The van der Waals surface area contributed by atoms with E-state index >= 15 is 0 Å². The van der Waals surface area contributed by atoms with E-state index in [0.29, 0.717) is 41.6 Å². The van der Waals surface area contributed by atoms with E-state index in [1.807, 2.05) is 30.3 Å². The average Bonchev–Trinajstić information content (AvgIpc) is 3.30. The van der Waals surface area contributed by atoms with Crippen LogP contribution in [0.2, 0.25) is 0 Å². The molecule has 0 radical (unpaired) electrons. The molecule has 174 valence electrons. The maximum absolute atomic E-state index is 14.0. The van der Waals surface area contributed by atoms with Crippen molar-refractivity contribution in [1.82, 2.24) is 24.6 Å². The van der Waals surface area contributed by atoms with Gasteiger partial charge in [-0.25, -0.2) is 14.2 Å². The molecule has 4 aromatic heterocycles. The summed E-state index contributed by atoms with van der Waals surface area (Å²) in [7, 11) is 0. The van der Waals surface area contributed by atoms with Crippen molar-refractivity contribution in [3.8, 4) is 22.5 Å². The number of rotatable bonds is 5. The van der Waals surface area contributed by atoms with Gasteiger partial charge in [-0.15, -0.1) is 0 Å². The van der Waals surface area contributed by atoms with E-state index in [2.05, 4.69) is 31.0 Å². The van der Waals surface area contributed by atoms with Gasteiger partial charge in [0, 0.05) is 35.4 Å². The molecule has 0 saturated heterocycles. The van der Waals surface area contributed by atoms with E-state index in [4.69, 9.17) is 15.8 Å². The Hall–Kier alpha value is -3.40. The summed E-state index contributed by atoms with van der Waals surface area (Å²) < 4.78 is 16.2. The van der Waals surface area contributed by atoms with E-state index in [1.54, 1.807) is 23.1 Å². The van der Waals surface area contributed by atoms with Gasteiger partial charge in [-0.2, -0.15) is 9.61 Å². The Balaban J connectivity index is 1.46. The first-order chi connectivity index (χ1) is 16.4. The molecule has 1 saturated carbocycles. The lowest BCUT2D eigenvalue weighted by atomic mass is 9.78. The lowest BCUT2D eigenvalue weighted by Crippen LogP contribution is -2.28. The highest BCUT2D eigenvalue weighted by molar-refractivity contribution is 9.10. The highest BCUT2D eigenvalue weighted by atomic mass is 79.9. The molecule has 0 bridgehead atoms. The molecule has 1 atom stereocenters. The SMILES string of the molecule is Nc1c(Br)c(C2CCC(C(F)C(=O)O)CC2)nc2c(-c3ccc(-c4ccccn4)nc3)cnn12. The van der Waals surface area contributed by atoms with Gasteiger partial charge in [0.15, 0.2) is 11.8 Å². The van der Waals surface area contributed by atoms with Crippen LogP contribution in [-0.4, -0.2) is 41.8 Å². The molecular formula is C24H22BrFN6O2. The largest absolute Gasteiger partial charge is 0.479 e. The van der Waals surface area contributed by atoms with Gasteiger partial charge in [-0.05, 0) is 59.8 Å². The molecule has 8 nitrogen and oxygen atoms in total. The number of nitrogen functional groups attached to an aromatic ring is 1. The number of halogens is 2. The summed E-state index contributed by atoms with van der Waals surface area (Å²) in [6, 6.07) is 9.53. The first-order valence-corrected chi connectivity index (χ1v) is 11.8. The summed E-state index contributed by atoms with van der Waals surface area (Å²) in [5, 5.41) is 13.4. The summed E-state index contributed by atoms with van der Waals surface area (Å²) in [5.74, 6) is -1.38. The van der Waals surface area contributed by atoms with Crippen molar-refractivity contribution in [3.63, 3.8) is 0 Å². The number of aliphatic carboxylic acids is 1. The van der Waals surface area contributed by atoms with Crippen molar-refractivity contribution in [2.24, 2.45) is 5.92 Å². The van der Waals surface area contributed by atoms with Gasteiger partial charge in [-0.1, -0.05) is 12.1 Å². The van der Waals surface area contributed by atoms with Gasteiger partial charge in [0.1, 0.15) is 5.82 Å². The Bertz CT molecular complexity index is 1340. The third kappa shape index (κ3) is 4.02. The number of hydrogen-bond donors (Lipinski definition) is 2. The van der Waals surface area contributed by atoms with E-state index in [0.717, 1.165) is 28.2 Å². The molecule has 0 spiro atoms. The number of nitrogens with two attached hydrogens (primary N) is 1. The molecule has 34 heavy (non-hydrogen) atoms. The van der Waals surface area contributed by atoms with E-state index < -0.39 is 18.1 Å². The number of carboxylic acids is 1. The topological polar surface area (TPSA) is 119 Å². The molecule has 0 aliphatic heterocycles. The predicted octanol–water partition coefficient (Wildman–Crippen LogP) is 4.89. The summed E-state index contributed by atoms with van der Waals surface area (Å²) in [6.07, 6.45) is 5.64. The van der Waals surface area contributed by atoms with Gasteiger partial charge in [0.05, 0.1) is 27.8 Å². The minimum atomic E-state index is -1.83. The molecule has 5 rings (SSSR count). The molecular weight excluding hydrogens is 503 g/mol. The average molecular weight is 525 g/mol. The number of carboxylic acid groups (broad SMARTS) is 1. The second-order valence-corrected chi connectivity index (χ2v) is 9.28. The van der Waals surface area contributed by atoms with Gasteiger partial charge in [-0.3, -0.25) is 9.97 Å². The first-order valence-electron chi connectivity index (χ1n) is 11.0. The molecule has 0 aromatic carbocycles. The standard InChI is InChI=1S/C24H22BrFN6O2/c25-19-21(14-6-4-13(5-7-14)20(26)24(33)34)31-23-16(12-30-32(23)22(19)27)15-8-9-18(29-11-15)17-3-1-2-10-28-17/h1-3,8-14,20H,4-7,27H2,(H,33,34). The normalized spacial score (nSPS) is 19.2. The van der Waals surface area contributed by atoms with Crippen LogP contribution >= 0.6 is 15.9 Å². The first kappa shape index (κ1) is 22.4. The van der Waals surface area contributed by atoms with Gasteiger partial charge < -0.3 is 10.8 Å². The second kappa shape index (κ2) is 9.09. The number of hydrogen-bond acceptors (Lipinski definition) is 6. The number of fused-ring (bicyclic) bond motifs is 1. The molecule has 4 heterocycles. The fourth-order valence-electron chi connectivity index (χ4n) is 4.59. The number of anilines is 1. The third-order valence-corrected chi connectivity index (χ3v) is 7.27. The fraction of sp³-hybridized carbons (Fsp3) is 0.292. The van der Waals surface area contributed by atoms with Crippen LogP contribution in [0, 0.1) is 5.92 Å². The lowest BCUT2D eigenvalue weighted by molar-refractivity contribution is -0.145. The number of pyridine rings is 2. The minimum Gasteiger partial charge on any atom is -0.479 e. The highest BCUT2D eigenvalue weighted by Crippen LogP contribution is 2.41. The number of nitrogens with zero attached hydrogens (tertiary/aromatic N) is 5. The Kier molecular flexibility index (Phi) is 5.99. The van der Waals surface area contributed by atoms with Crippen LogP contribution in [0.3, 0.4) is 0 Å². The van der Waals surface area contributed by atoms with Crippen LogP contribution in [0.1, 0.15) is 37.3 Å². The monoisotopic (exact) mass is 524 g/mol. The number of aromatic nitrogens is 5. The molecule has 3 N–H and O–H groups in total. The van der Waals surface area contributed by atoms with E-state index in [1.165, 1.54) is 0 Å². The second-order valence-electron chi connectivity index (χ2n) is 8.49. The van der Waals surface area contributed by atoms with E-state index in [-0.39, 0.29) is 5.92 Å². The number of carbonyl (C=O) groups is 1. The Morgan fingerprint density at radius 1 is 1.12 bits per heavy atom. The van der Waals surface area contributed by atoms with Crippen LogP contribution in [0.25, 0.3) is 28.2 Å². The van der Waals surface area contributed by atoms with E-state index in [9.17, 15) is 9.18 Å². The molecule has 1 aliphatic rings. The van der Waals surface area contributed by atoms with Crippen molar-refractivity contribution >= 4 is 33.4 Å². The molecule has 4 aromatic rings. The summed E-state index contributed by atoms with van der Waals surface area (Å²) in [6.45, 7) is 0. The smallest absolute Gasteiger partial charge is 0.338 e. The summed E-state index contributed by atoms with van der Waals surface area (Å²) in [4.78, 5) is 24.8. The van der Waals surface area contributed by atoms with Crippen LogP contribution in [0.15, 0.2) is 53.4 Å². The highest BCUT2D eigenvalue weighted by Gasteiger charge is 2.34. The minimum absolute atomic E-state index is 0.0475. The Morgan fingerprint density at radius 3 is 2.53 bits per heavy atom. The fourth-order valence-corrected chi connectivity index (χ4v) is 5.17. The molecule has 10 heteroatoms. The molecule has 1 fully saturated rings. The van der Waals surface area contributed by atoms with Crippen molar-refractivity contribution in [1.29, 1.82) is 0 Å². The van der Waals surface area contributed by atoms with Gasteiger partial charge in [0.2, 0.25) is 0 Å². The zero-order valence-corrected chi connectivity index (χ0v) is 19.7. The lowest BCUT2D eigenvalue weighted by Gasteiger charge is -2.29. The zero-order chi connectivity index (χ0) is 23.8. The Morgan fingerprint density at radius 2 is 1.88 bits per heavy atom.